The minimum atomic E-state index is -1.10. The Balaban J connectivity index is 0.00000121. The predicted molar refractivity (Wildman–Crippen MR) is 89.1 cm³/mol. The van der Waals surface area contributed by atoms with Crippen LogP contribution in [0.25, 0.3) is 0 Å². The predicted octanol–water partition coefficient (Wildman–Crippen LogP) is 0.677. The Morgan fingerprint density at radius 2 is 1.24 bits per heavy atom. The summed E-state index contributed by atoms with van der Waals surface area (Å²) in [6.45, 7) is 0. The molecule has 0 fully saturated rings. The van der Waals surface area contributed by atoms with Crippen molar-refractivity contribution < 1.29 is 50.7 Å². The first-order valence-corrected chi connectivity index (χ1v) is 7.53. The summed E-state index contributed by atoms with van der Waals surface area (Å²) in [5.74, 6) is -0.124. The Morgan fingerprint density at radius 1 is 0.760 bits per heavy atom. The topological polar surface area (TPSA) is 66.8 Å². The number of esters is 1. The van der Waals surface area contributed by atoms with Gasteiger partial charge in [0.25, 0.3) is 0 Å². The number of carbonyl (C=O) groups excluding carboxylic acids is 1. The molecule has 0 saturated carbocycles. The van der Waals surface area contributed by atoms with Crippen LogP contribution in [0.1, 0.15) is 28.5 Å². The first-order chi connectivity index (χ1) is 11.6. The molecular weight excluding hydrogens is 327 g/mol. The molecule has 0 saturated heterocycles. The van der Waals surface area contributed by atoms with E-state index in [1.165, 1.54) is 0 Å². The number of benzene rings is 3. The summed E-state index contributed by atoms with van der Waals surface area (Å²) < 4.78 is 5.87. The average molecular weight is 342 g/mol. The summed E-state index contributed by atoms with van der Waals surface area (Å²) in [4.78, 5) is 12.4. The van der Waals surface area contributed by atoms with Gasteiger partial charge in [-0.1, -0.05) is 42.5 Å². The molecule has 0 amide bonds. The van der Waals surface area contributed by atoms with Gasteiger partial charge in [0.05, 0.1) is 5.56 Å². The van der Waals surface area contributed by atoms with Gasteiger partial charge in [0.15, 0.2) is 5.60 Å². The molecule has 0 aromatic heterocycles. The Hall–Kier alpha value is -2.27. The molecule has 0 bridgehead atoms. The number of phenols is 2. The molecule has 3 aromatic rings. The van der Waals surface area contributed by atoms with Crippen molar-refractivity contribution in [3.8, 4) is 11.5 Å². The minimum Gasteiger partial charge on any atom is -1.00 e. The van der Waals surface area contributed by atoms with Crippen LogP contribution in [-0.2, 0) is 10.3 Å². The molecule has 0 aliphatic carbocycles. The van der Waals surface area contributed by atoms with Crippen molar-refractivity contribution in [3.05, 3.63) is 95.1 Å². The fraction of sp³-hybridized carbons (Fsp3) is 0.0500. The van der Waals surface area contributed by atoms with E-state index in [0.717, 1.165) is 16.7 Å². The van der Waals surface area contributed by atoms with E-state index >= 15 is 0 Å². The van der Waals surface area contributed by atoms with Crippen molar-refractivity contribution in [2.75, 3.05) is 0 Å². The van der Waals surface area contributed by atoms with Gasteiger partial charge in [-0.25, -0.2) is 4.79 Å². The third kappa shape index (κ3) is 2.72. The fourth-order valence-electron chi connectivity index (χ4n) is 3.20. The molecule has 5 heteroatoms. The van der Waals surface area contributed by atoms with E-state index in [1.54, 1.807) is 60.7 Å². The van der Waals surface area contributed by atoms with Crippen LogP contribution in [0.2, 0.25) is 0 Å². The van der Waals surface area contributed by atoms with Crippen molar-refractivity contribution in [3.63, 3.8) is 0 Å². The molecule has 4 nitrogen and oxygen atoms in total. The maximum Gasteiger partial charge on any atom is 1.00 e. The van der Waals surface area contributed by atoms with Gasteiger partial charge in [0, 0.05) is 16.7 Å². The summed E-state index contributed by atoms with van der Waals surface area (Å²) in [6.07, 6.45) is 0. The van der Waals surface area contributed by atoms with Crippen molar-refractivity contribution in [1.82, 2.24) is 0 Å². The molecule has 0 atom stereocenters. The number of cyclic esters (lactones) is 1. The largest absolute Gasteiger partial charge is 1.00 e. The van der Waals surface area contributed by atoms with Crippen molar-refractivity contribution in [1.29, 1.82) is 0 Å². The molecule has 120 valence electrons. The van der Waals surface area contributed by atoms with Gasteiger partial charge in [-0.15, -0.1) is 0 Å². The number of rotatable bonds is 2. The van der Waals surface area contributed by atoms with E-state index in [2.05, 4.69) is 0 Å². The zero-order valence-electron chi connectivity index (χ0n) is 14.6. The van der Waals surface area contributed by atoms with Gasteiger partial charge in [-0.2, -0.15) is 0 Å². The zero-order chi connectivity index (χ0) is 16.7. The van der Waals surface area contributed by atoms with Gasteiger partial charge in [-0.3, -0.25) is 0 Å². The second-order valence-electron chi connectivity index (χ2n) is 5.71. The Labute approximate surface area is 168 Å². The molecule has 1 aliphatic heterocycles. The summed E-state index contributed by atoms with van der Waals surface area (Å²) in [6, 6.07) is 20.4. The summed E-state index contributed by atoms with van der Waals surface area (Å²) in [5, 5.41) is 19.2. The number of fused-ring (bicyclic) bond motifs is 1. The number of ether oxygens (including phenoxy) is 1. The maximum atomic E-state index is 12.4. The van der Waals surface area contributed by atoms with Crippen LogP contribution in [0, 0.1) is 0 Å². The molecule has 0 radical (unpaired) electrons. The number of aromatic hydroxyl groups is 2. The van der Waals surface area contributed by atoms with Gasteiger partial charge >= 0.3 is 35.5 Å². The number of phenolic OH excluding ortho intramolecular Hbond substituents is 2. The van der Waals surface area contributed by atoms with Crippen LogP contribution in [0.15, 0.2) is 72.8 Å². The number of hydrogen-bond acceptors (Lipinski definition) is 4. The molecule has 25 heavy (non-hydrogen) atoms. The summed E-state index contributed by atoms with van der Waals surface area (Å²) in [7, 11) is 0. The van der Waals surface area contributed by atoms with Gasteiger partial charge < -0.3 is 16.4 Å². The van der Waals surface area contributed by atoms with E-state index in [1.807, 2.05) is 12.1 Å². The Bertz CT molecular complexity index is 878. The van der Waals surface area contributed by atoms with Crippen LogP contribution in [0.4, 0.5) is 0 Å². The minimum absolute atomic E-state index is 0. The van der Waals surface area contributed by atoms with Gasteiger partial charge in [-0.05, 0) is 30.3 Å². The SMILES string of the molecule is O=C1OC(c2ccc(O)cc2)(c2ccc(O)cc2)c2ccccc21.[H-].[Na+]. The van der Waals surface area contributed by atoms with Crippen molar-refractivity contribution in [2.45, 2.75) is 5.60 Å². The van der Waals surface area contributed by atoms with Gasteiger partial charge in [0.2, 0.25) is 0 Å². The molecule has 2 N–H and O–H groups in total. The van der Waals surface area contributed by atoms with E-state index < -0.39 is 11.6 Å². The Morgan fingerprint density at radius 3 is 1.76 bits per heavy atom. The molecule has 4 rings (SSSR count). The molecule has 0 unspecified atom stereocenters. The monoisotopic (exact) mass is 342 g/mol. The molecule has 1 aliphatic rings. The van der Waals surface area contributed by atoms with Crippen LogP contribution >= 0.6 is 0 Å². The van der Waals surface area contributed by atoms with Crippen LogP contribution < -0.4 is 29.6 Å². The second-order valence-corrected chi connectivity index (χ2v) is 5.71. The normalized spacial score (nSPS) is 14.3. The van der Waals surface area contributed by atoms with Crippen LogP contribution in [-0.4, -0.2) is 16.2 Å². The fourth-order valence-corrected chi connectivity index (χ4v) is 3.20. The van der Waals surface area contributed by atoms with E-state index in [4.69, 9.17) is 4.74 Å². The zero-order valence-corrected chi connectivity index (χ0v) is 15.6. The molecule has 3 aromatic carbocycles. The third-order valence-corrected chi connectivity index (χ3v) is 4.32. The summed E-state index contributed by atoms with van der Waals surface area (Å²) >= 11 is 0. The van der Waals surface area contributed by atoms with Gasteiger partial charge in [0.1, 0.15) is 11.5 Å². The van der Waals surface area contributed by atoms with E-state index in [0.29, 0.717) is 5.56 Å². The van der Waals surface area contributed by atoms with Crippen molar-refractivity contribution >= 4 is 5.97 Å². The second kappa shape index (κ2) is 6.56. The summed E-state index contributed by atoms with van der Waals surface area (Å²) in [5.41, 5.74) is 1.60. The van der Waals surface area contributed by atoms with E-state index in [9.17, 15) is 15.0 Å². The first-order valence-electron chi connectivity index (χ1n) is 7.53. The standard InChI is InChI=1S/C20H14O4.Na.H/c21-15-9-5-13(6-10-15)20(14-7-11-16(22)12-8-14)18-4-2-1-3-17(18)19(23)24-20;;/h1-12,21-22H;;/q;+1;-1. The van der Waals surface area contributed by atoms with Crippen LogP contribution in [0.5, 0.6) is 11.5 Å². The smallest absolute Gasteiger partial charge is 1.00 e. The third-order valence-electron chi connectivity index (χ3n) is 4.32. The quantitative estimate of drug-likeness (QED) is 0.531. The molecule has 1 heterocycles. The Kier molecular flexibility index (Phi) is 4.60. The molecular formula is C20H15NaO4. The van der Waals surface area contributed by atoms with Crippen molar-refractivity contribution in [2.24, 2.45) is 0 Å². The first kappa shape index (κ1) is 17.5. The number of hydrogen-bond donors (Lipinski definition) is 2. The molecule has 0 spiro atoms. The maximum absolute atomic E-state index is 12.4. The number of carbonyl (C=O) groups is 1. The average Bonchev–Trinajstić information content (AvgIpc) is 2.91. The van der Waals surface area contributed by atoms with Crippen LogP contribution in [0.3, 0.4) is 0 Å². The van der Waals surface area contributed by atoms with E-state index in [-0.39, 0.29) is 42.5 Å².